The standard InChI is InChI=1S/C29H34N2O5S/c1-21-9-11-22(12-10-21)29(33)30(15-6-17-34-2)19-28(32)31-16-13-27-23(14-18-37-27)24(31)20-36-26-8-5-4-7-25(26)35-3/h4-5,7-12,14,18,24H,6,13,15-17,19-20H2,1-3H3. The van der Waals surface area contributed by atoms with Gasteiger partial charge in [-0.2, -0.15) is 0 Å². The first-order valence-corrected chi connectivity index (χ1v) is 13.4. The Kier molecular flexibility index (Phi) is 9.19. The maximum atomic E-state index is 13.7. The van der Waals surface area contributed by atoms with Crippen LogP contribution in [0.3, 0.4) is 0 Å². The third-order valence-corrected chi connectivity index (χ3v) is 7.57. The van der Waals surface area contributed by atoms with Gasteiger partial charge in [-0.3, -0.25) is 9.59 Å². The third kappa shape index (κ3) is 6.50. The minimum absolute atomic E-state index is 0.00104. The Morgan fingerprint density at radius 3 is 2.54 bits per heavy atom. The monoisotopic (exact) mass is 522 g/mol. The summed E-state index contributed by atoms with van der Waals surface area (Å²) in [6, 6.07) is 16.8. The fourth-order valence-corrected chi connectivity index (χ4v) is 5.49. The number of methoxy groups -OCH3 is 2. The quantitative estimate of drug-likeness (QED) is 0.340. The second-order valence-corrected chi connectivity index (χ2v) is 10.1. The van der Waals surface area contributed by atoms with Gasteiger partial charge < -0.3 is 24.0 Å². The molecule has 2 amide bonds. The summed E-state index contributed by atoms with van der Waals surface area (Å²) in [6.07, 6.45) is 1.44. The highest BCUT2D eigenvalue weighted by Crippen LogP contribution is 2.35. The lowest BCUT2D eigenvalue weighted by atomic mass is 10.00. The SMILES string of the molecule is COCCCN(CC(=O)N1CCc2sccc2C1COc1ccccc1OC)C(=O)c1ccc(C)cc1. The van der Waals surface area contributed by atoms with Crippen LogP contribution in [0.5, 0.6) is 11.5 Å². The van der Waals surface area contributed by atoms with Gasteiger partial charge in [-0.25, -0.2) is 0 Å². The number of fused-ring (bicyclic) bond motifs is 1. The van der Waals surface area contributed by atoms with Crippen LogP contribution in [0.1, 0.15) is 38.8 Å². The largest absolute Gasteiger partial charge is 0.493 e. The van der Waals surface area contributed by atoms with Gasteiger partial charge in [0.15, 0.2) is 11.5 Å². The van der Waals surface area contributed by atoms with Crippen molar-refractivity contribution in [1.82, 2.24) is 9.80 Å². The molecule has 3 aromatic rings. The number of amides is 2. The van der Waals surface area contributed by atoms with E-state index in [0.29, 0.717) is 49.8 Å². The Morgan fingerprint density at radius 2 is 1.81 bits per heavy atom. The summed E-state index contributed by atoms with van der Waals surface area (Å²) in [5.41, 5.74) is 2.76. The topological polar surface area (TPSA) is 68.3 Å². The molecule has 2 heterocycles. The second kappa shape index (κ2) is 12.7. The molecule has 0 N–H and O–H groups in total. The number of rotatable bonds is 11. The lowest BCUT2D eigenvalue weighted by Crippen LogP contribution is -2.48. The average Bonchev–Trinajstić information content (AvgIpc) is 3.40. The summed E-state index contributed by atoms with van der Waals surface area (Å²) in [7, 11) is 3.24. The van der Waals surface area contributed by atoms with Gasteiger partial charge in [0.1, 0.15) is 13.2 Å². The lowest BCUT2D eigenvalue weighted by molar-refractivity contribution is -0.135. The van der Waals surface area contributed by atoms with E-state index in [-0.39, 0.29) is 24.4 Å². The molecule has 1 aliphatic rings. The number of carbonyl (C=O) groups excluding carboxylic acids is 2. The van der Waals surface area contributed by atoms with Crippen molar-refractivity contribution in [3.8, 4) is 11.5 Å². The van der Waals surface area contributed by atoms with Gasteiger partial charge >= 0.3 is 0 Å². The van der Waals surface area contributed by atoms with Crippen LogP contribution in [0.4, 0.5) is 0 Å². The van der Waals surface area contributed by atoms with Crippen LogP contribution >= 0.6 is 11.3 Å². The molecule has 0 radical (unpaired) electrons. The van der Waals surface area contributed by atoms with Crippen molar-refractivity contribution >= 4 is 23.2 Å². The van der Waals surface area contributed by atoms with Gasteiger partial charge in [0.25, 0.3) is 5.91 Å². The molecule has 8 heteroatoms. The van der Waals surface area contributed by atoms with E-state index in [0.717, 1.165) is 17.5 Å². The number of hydrogen-bond donors (Lipinski definition) is 0. The zero-order valence-corrected chi connectivity index (χ0v) is 22.5. The Morgan fingerprint density at radius 1 is 1.05 bits per heavy atom. The normalized spacial score (nSPS) is 14.7. The number of thiophene rings is 1. The van der Waals surface area contributed by atoms with Crippen molar-refractivity contribution < 1.29 is 23.8 Å². The molecular formula is C29H34N2O5S. The zero-order chi connectivity index (χ0) is 26.2. The van der Waals surface area contributed by atoms with Gasteiger partial charge in [0.2, 0.25) is 5.91 Å². The lowest BCUT2D eigenvalue weighted by Gasteiger charge is -2.37. The molecule has 4 rings (SSSR count). The summed E-state index contributed by atoms with van der Waals surface area (Å²) < 4.78 is 16.8. The van der Waals surface area contributed by atoms with Crippen molar-refractivity contribution in [1.29, 1.82) is 0 Å². The summed E-state index contributed by atoms with van der Waals surface area (Å²) in [4.78, 5) is 31.9. The molecule has 1 aliphatic heterocycles. The number of para-hydroxylation sites is 2. The average molecular weight is 523 g/mol. The van der Waals surface area contributed by atoms with Crippen molar-refractivity contribution in [3.63, 3.8) is 0 Å². The maximum absolute atomic E-state index is 13.7. The highest BCUT2D eigenvalue weighted by Gasteiger charge is 2.33. The van der Waals surface area contributed by atoms with E-state index >= 15 is 0 Å². The predicted molar refractivity (Wildman–Crippen MR) is 145 cm³/mol. The first-order valence-electron chi connectivity index (χ1n) is 12.5. The molecule has 0 bridgehead atoms. The number of nitrogens with zero attached hydrogens (tertiary/aromatic N) is 2. The predicted octanol–water partition coefficient (Wildman–Crippen LogP) is 4.75. The Balaban J connectivity index is 1.53. The number of hydrogen-bond acceptors (Lipinski definition) is 6. The maximum Gasteiger partial charge on any atom is 0.254 e. The molecule has 0 fully saturated rings. The number of carbonyl (C=O) groups is 2. The van der Waals surface area contributed by atoms with Crippen LogP contribution in [0.15, 0.2) is 60.0 Å². The number of ether oxygens (including phenoxy) is 3. The van der Waals surface area contributed by atoms with E-state index in [1.165, 1.54) is 4.88 Å². The fraction of sp³-hybridized carbons (Fsp3) is 0.379. The Bertz CT molecular complexity index is 1190. The molecule has 1 aromatic heterocycles. The van der Waals surface area contributed by atoms with E-state index in [4.69, 9.17) is 14.2 Å². The van der Waals surface area contributed by atoms with Crippen molar-refractivity contribution in [3.05, 3.63) is 81.5 Å². The second-order valence-electron chi connectivity index (χ2n) is 9.05. The van der Waals surface area contributed by atoms with Crippen LogP contribution < -0.4 is 9.47 Å². The third-order valence-electron chi connectivity index (χ3n) is 6.57. The van der Waals surface area contributed by atoms with Gasteiger partial charge in [-0.15, -0.1) is 11.3 Å². The zero-order valence-electron chi connectivity index (χ0n) is 21.6. The first kappa shape index (κ1) is 26.7. The Labute approximate surface area is 222 Å². The highest BCUT2D eigenvalue weighted by molar-refractivity contribution is 7.10. The van der Waals surface area contributed by atoms with Crippen LogP contribution in [0.2, 0.25) is 0 Å². The molecule has 1 unspecified atom stereocenters. The van der Waals surface area contributed by atoms with Gasteiger partial charge in [-0.05, 0) is 61.0 Å². The molecule has 37 heavy (non-hydrogen) atoms. The summed E-state index contributed by atoms with van der Waals surface area (Å²) in [5.74, 6) is 1.04. The van der Waals surface area contributed by atoms with Crippen LogP contribution in [0, 0.1) is 6.92 Å². The van der Waals surface area contributed by atoms with Crippen LogP contribution in [-0.4, -0.2) is 68.7 Å². The van der Waals surface area contributed by atoms with Gasteiger partial charge in [-0.1, -0.05) is 29.8 Å². The molecule has 0 spiro atoms. The van der Waals surface area contributed by atoms with Crippen LogP contribution in [-0.2, 0) is 16.0 Å². The number of aryl methyl sites for hydroxylation is 1. The van der Waals surface area contributed by atoms with E-state index in [1.54, 1.807) is 30.5 Å². The smallest absolute Gasteiger partial charge is 0.254 e. The fourth-order valence-electron chi connectivity index (χ4n) is 4.57. The van der Waals surface area contributed by atoms with E-state index in [2.05, 4.69) is 11.4 Å². The van der Waals surface area contributed by atoms with Crippen molar-refractivity contribution in [2.24, 2.45) is 0 Å². The van der Waals surface area contributed by atoms with Gasteiger partial charge in [0.05, 0.1) is 13.2 Å². The summed E-state index contributed by atoms with van der Waals surface area (Å²) >= 11 is 1.71. The summed E-state index contributed by atoms with van der Waals surface area (Å²) in [5, 5.41) is 2.06. The molecular weight excluding hydrogens is 488 g/mol. The molecule has 0 saturated heterocycles. The molecule has 1 atom stereocenters. The van der Waals surface area contributed by atoms with E-state index in [9.17, 15) is 9.59 Å². The van der Waals surface area contributed by atoms with Crippen LogP contribution in [0.25, 0.3) is 0 Å². The van der Waals surface area contributed by atoms with Gasteiger partial charge in [0, 0.05) is 37.2 Å². The first-order chi connectivity index (χ1) is 18.0. The molecule has 2 aromatic carbocycles. The number of benzene rings is 2. The highest BCUT2D eigenvalue weighted by atomic mass is 32.1. The van der Waals surface area contributed by atoms with E-state index in [1.807, 2.05) is 60.4 Å². The molecule has 0 aliphatic carbocycles. The molecule has 0 saturated carbocycles. The molecule has 7 nitrogen and oxygen atoms in total. The Hall–Kier alpha value is -3.36. The molecule has 196 valence electrons. The van der Waals surface area contributed by atoms with Crippen molar-refractivity contribution in [2.45, 2.75) is 25.8 Å². The minimum atomic E-state index is -0.247. The van der Waals surface area contributed by atoms with Crippen molar-refractivity contribution in [2.75, 3.05) is 47.1 Å². The summed E-state index contributed by atoms with van der Waals surface area (Å²) in [6.45, 7) is 3.81. The minimum Gasteiger partial charge on any atom is -0.493 e. The van der Waals surface area contributed by atoms with E-state index < -0.39 is 0 Å².